The van der Waals surface area contributed by atoms with Crippen LogP contribution in [0.2, 0.25) is 0 Å². The summed E-state index contributed by atoms with van der Waals surface area (Å²) in [6, 6.07) is 10.2. The van der Waals surface area contributed by atoms with Gasteiger partial charge in [0.25, 0.3) is 0 Å². The van der Waals surface area contributed by atoms with Crippen molar-refractivity contribution < 1.29 is 4.74 Å². The molecule has 1 saturated heterocycles. The smallest absolute Gasteiger partial charge is 0.147 e. The van der Waals surface area contributed by atoms with Crippen LogP contribution in [0.5, 0.6) is 0 Å². The van der Waals surface area contributed by atoms with E-state index in [2.05, 4.69) is 21.4 Å². The second-order valence-electron chi connectivity index (χ2n) is 4.21. The first-order valence-electron chi connectivity index (χ1n) is 5.99. The van der Waals surface area contributed by atoms with E-state index in [1.165, 1.54) is 11.5 Å². The number of hydrogen-bond acceptors (Lipinski definition) is 5. The van der Waals surface area contributed by atoms with Gasteiger partial charge < -0.3 is 15.4 Å². The maximum absolute atomic E-state index is 6.02. The van der Waals surface area contributed by atoms with Crippen LogP contribution in [0.25, 0.3) is 11.1 Å². The first-order valence-corrected chi connectivity index (χ1v) is 6.77. The fourth-order valence-electron chi connectivity index (χ4n) is 2.15. The van der Waals surface area contributed by atoms with E-state index in [0.29, 0.717) is 5.82 Å². The topological polar surface area (TPSA) is 51.4 Å². The Bertz CT molecular complexity index is 520. The Morgan fingerprint density at radius 3 is 2.61 bits per heavy atom. The van der Waals surface area contributed by atoms with E-state index in [4.69, 9.17) is 10.5 Å². The number of anilines is 2. The summed E-state index contributed by atoms with van der Waals surface area (Å²) in [5.74, 6) is 0.618. The highest BCUT2D eigenvalue weighted by atomic mass is 32.1. The minimum Gasteiger partial charge on any atom is -0.382 e. The average Bonchev–Trinajstić information content (AvgIpc) is 2.83. The van der Waals surface area contributed by atoms with Crippen LogP contribution in [0.3, 0.4) is 0 Å². The first kappa shape index (κ1) is 11.5. The van der Waals surface area contributed by atoms with Crippen LogP contribution < -0.4 is 10.6 Å². The highest BCUT2D eigenvalue weighted by Crippen LogP contribution is 2.39. The van der Waals surface area contributed by atoms with Gasteiger partial charge in [-0.25, -0.2) is 0 Å². The van der Waals surface area contributed by atoms with Crippen LogP contribution in [0.15, 0.2) is 30.3 Å². The zero-order valence-corrected chi connectivity index (χ0v) is 10.8. The number of nitrogens with zero attached hydrogens (tertiary/aromatic N) is 2. The normalized spacial score (nSPS) is 15.9. The molecule has 2 aromatic rings. The summed E-state index contributed by atoms with van der Waals surface area (Å²) < 4.78 is 9.69. The van der Waals surface area contributed by atoms with Gasteiger partial charge in [0, 0.05) is 13.1 Å². The molecular formula is C13H15N3OS. The minimum atomic E-state index is 0.618. The quantitative estimate of drug-likeness (QED) is 0.900. The predicted molar refractivity (Wildman–Crippen MR) is 75.0 cm³/mol. The minimum absolute atomic E-state index is 0.618. The fraction of sp³-hybridized carbons (Fsp3) is 0.308. The molecule has 0 saturated carbocycles. The van der Waals surface area contributed by atoms with E-state index in [1.54, 1.807) is 0 Å². The number of nitrogens with two attached hydrogens (primary N) is 1. The zero-order chi connectivity index (χ0) is 12.4. The van der Waals surface area contributed by atoms with Crippen LogP contribution in [0, 0.1) is 0 Å². The molecule has 2 N–H and O–H groups in total. The highest BCUT2D eigenvalue weighted by Gasteiger charge is 2.20. The first-order chi connectivity index (χ1) is 8.86. The Hall–Kier alpha value is -1.59. The van der Waals surface area contributed by atoms with Crippen molar-refractivity contribution in [1.29, 1.82) is 0 Å². The monoisotopic (exact) mass is 261 g/mol. The van der Waals surface area contributed by atoms with Gasteiger partial charge in [0.05, 0.1) is 18.8 Å². The van der Waals surface area contributed by atoms with Gasteiger partial charge in [0.15, 0.2) is 0 Å². The number of hydrogen-bond donors (Lipinski definition) is 1. The van der Waals surface area contributed by atoms with Gasteiger partial charge in [-0.2, -0.15) is 4.37 Å². The molecule has 1 aromatic carbocycles. The molecule has 1 fully saturated rings. The number of ether oxygens (including phenoxy) is 1. The molecule has 0 radical (unpaired) electrons. The third-order valence-electron chi connectivity index (χ3n) is 3.06. The predicted octanol–water partition coefficient (Wildman–Crippen LogP) is 2.23. The van der Waals surface area contributed by atoms with Crippen molar-refractivity contribution in [2.75, 3.05) is 36.9 Å². The lowest BCUT2D eigenvalue weighted by Gasteiger charge is -2.28. The van der Waals surface area contributed by atoms with E-state index >= 15 is 0 Å². The van der Waals surface area contributed by atoms with Gasteiger partial charge in [0.2, 0.25) is 0 Å². The van der Waals surface area contributed by atoms with E-state index < -0.39 is 0 Å². The second kappa shape index (κ2) is 4.96. The summed E-state index contributed by atoms with van der Waals surface area (Å²) in [5, 5.41) is 1.15. The van der Waals surface area contributed by atoms with Crippen LogP contribution in [0.1, 0.15) is 0 Å². The van der Waals surface area contributed by atoms with Crippen LogP contribution in [-0.2, 0) is 4.74 Å². The van der Waals surface area contributed by atoms with Crippen LogP contribution in [0.4, 0.5) is 10.8 Å². The van der Waals surface area contributed by atoms with Crippen molar-refractivity contribution >= 4 is 22.4 Å². The highest BCUT2D eigenvalue weighted by molar-refractivity contribution is 7.11. The van der Waals surface area contributed by atoms with Crippen molar-refractivity contribution in [3.63, 3.8) is 0 Å². The van der Waals surface area contributed by atoms with Crippen molar-refractivity contribution in [3.8, 4) is 11.1 Å². The average molecular weight is 261 g/mol. The maximum Gasteiger partial charge on any atom is 0.147 e. The Morgan fingerprint density at radius 1 is 1.17 bits per heavy atom. The van der Waals surface area contributed by atoms with Gasteiger partial charge in [-0.05, 0) is 17.1 Å². The lowest BCUT2D eigenvalue weighted by molar-refractivity contribution is 0.123. The maximum atomic E-state index is 6.02. The molecular weight excluding hydrogens is 246 g/mol. The Morgan fingerprint density at radius 2 is 1.89 bits per heavy atom. The molecule has 4 nitrogen and oxygen atoms in total. The van der Waals surface area contributed by atoms with E-state index in [1.807, 2.05) is 18.2 Å². The lowest BCUT2D eigenvalue weighted by Crippen LogP contribution is -2.35. The molecule has 1 aliphatic heterocycles. The number of morpholine rings is 1. The molecule has 18 heavy (non-hydrogen) atoms. The van der Waals surface area contributed by atoms with Crippen molar-refractivity contribution in [2.45, 2.75) is 0 Å². The third kappa shape index (κ3) is 2.07. The van der Waals surface area contributed by atoms with Gasteiger partial charge >= 0.3 is 0 Å². The standard InChI is InChI=1S/C13H15N3OS/c14-12-11(10-4-2-1-3-5-10)13(18-15-12)16-6-8-17-9-7-16/h1-5H,6-9H2,(H2,14,15). The van der Waals surface area contributed by atoms with Gasteiger partial charge in [-0.1, -0.05) is 30.3 Å². The molecule has 3 rings (SSSR count). The van der Waals surface area contributed by atoms with E-state index in [9.17, 15) is 0 Å². The molecule has 0 aliphatic carbocycles. The lowest BCUT2D eigenvalue weighted by atomic mass is 10.1. The summed E-state index contributed by atoms with van der Waals surface area (Å²) in [6.45, 7) is 3.35. The number of nitrogen functional groups attached to an aromatic ring is 1. The molecule has 5 heteroatoms. The number of rotatable bonds is 2. The molecule has 0 amide bonds. The summed E-state index contributed by atoms with van der Waals surface area (Å²) in [5.41, 5.74) is 8.21. The van der Waals surface area contributed by atoms with E-state index in [0.717, 1.165) is 42.4 Å². The fourth-order valence-corrected chi connectivity index (χ4v) is 3.04. The molecule has 0 atom stereocenters. The molecule has 0 bridgehead atoms. The number of aromatic nitrogens is 1. The van der Waals surface area contributed by atoms with Gasteiger partial charge in [0.1, 0.15) is 10.8 Å². The van der Waals surface area contributed by atoms with Crippen LogP contribution >= 0.6 is 11.5 Å². The Labute approximate surface area is 110 Å². The van der Waals surface area contributed by atoms with Gasteiger partial charge in [-0.3, -0.25) is 0 Å². The number of benzene rings is 1. The Kier molecular flexibility index (Phi) is 3.17. The second-order valence-corrected chi connectivity index (χ2v) is 4.97. The molecule has 1 aliphatic rings. The summed E-state index contributed by atoms with van der Waals surface area (Å²) in [4.78, 5) is 2.31. The third-order valence-corrected chi connectivity index (χ3v) is 3.98. The van der Waals surface area contributed by atoms with Crippen molar-refractivity contribution in [3.05, 3.63) is 30.3 Å². The molecule has 2 heterocycles. The zero-order valence-electron chi connectivity index (χ0n) is 10.0. The van der Waals surface area contributed by atoms with Crippen molar-refractivity contribution in [2.24, 2.45) is 0 Å². The Balaban J connectivity index is 2.01. The molecule has 1 aromatic heterocycles. The van der Waals surface area contributed by atoms with Crippen molar-refractivity contribution in [1.82, 2.24) is 4.37 Å². The van der Waals surface area contributed by atoms with Gasteiger partial charge in [-0.15, -0.1) is 0 Å². The van der Waals surface area contributed by atoms with Crippen LogP contribution in [-0.4, -0.2) is 30.7 Å². The SMILES string of the molecule is Nc1nsc(N2CCOCC2)c1-c1ccccc1. The molecule has 94 valence electrons. The van der Waals surface area contributed by atoms with E-state index in [-0.39, 0.29) is 0 Å². The summed E-state index contributed by atoms with van der Waals surface area (Å²) in [6.07, 6.45) is 0. The molecule has 0 spiro atoms. The summed E-state index contributed by atoms with van der Waals surface area (Å²) in [7, 11) is 0. The molecule has 0 unspecified atom stereocenters. The summed E-state index contributed by atoms with van der Waals surface area (Å²) >= 11 is 1.47. The largest absolute Gasteiger partial charge is 0.382 e.